The van der Waals surface area contributed by atoms with E-state index in [1.165, 1.54) is 0 Å². The molecule has 0 radical (unpaired) electrons. The summed E-state index contributed by atoms with van der Waals surface area (Å²) in [5, 5.41) is 48.1. The maximum atomic E-state index is 10.4. The van der Waals surface area contributed by atoms with Crippen molar-refractivity contribution in [3.63, 3.8) is 0 Å². The minimum atomic E-state index is -0.495. The molecule has 2 unspecified atom stereocenters. The molecule has 1 aromatic carbocycles. The monoisotopic (exact) mass is 322 g/mol. The summed E-state index contributed by atoms with van der Waals surface area (Å²) >= 11 is 0. The predicted octanol–water partition coefficient (Wildman–Crippen LogP) is 0.834. The van der Waals surface area contributed by atoms with Gasteiger partial charge in [0.1, 0.15) is 11.5 Å². The van der Waals surface area contributed by atoms with Crippen LogP contribution in [0.4, 0.5) is 0 Å². The van der Waals surface area contributed by atoms with Crippen LogP contribution in [-0.2, 0) is 0 Å². The number of aliphatic hydroxyl groups excluding tert-OH is 5. The van der Waals surface area contributed by atoms with Gasteiger partial charge in [0.05, 0.1) is 19.8 Å². The number of rotatable bonds is 7. The molecule has 0 fully saturated rings. The molecule has 126 valence electrons. The average molecular weight is 322 g/mol. The quantitative estimate of drug-likeness (QED) is 0.476. The molecule has 6 nitrogen and oxygen atoms in total. The zero-order chi connectivity index (χ0) is 16.8. The Morgan fingerprint density at radius 1 is 1.09 bits per heavy atom. The number of aliphatic hydroxyl groups is 5. The number of para-hydroxylation sites is 1. The normalized spacial score (nSPS) is 19.5. The maximum absolute atomic E-state index is 10.4. The molecular weight excluding hydrogens is 300 g/mol. The smallest absolute Gasteiger partial charge is 0.186 e. The maximum Gasteiger partial charge on any atom is 0.186 e. The van der Waals surface area contributed by atoms with Gasteiger partial charge in [-0.25, -0.2) is 0 Å². The molecule has 0 aromatic heterocycles. The Bertz CT molecular complexity index is 593. The molecule has 0 spiro atoms. The molecule has 23 heavy (non-hydrogen) atoms. The summed E-state index contributed by atoms with van der Waals surface area (Å²) < 4.78 is 5.19. The first-order valence-electron chi connectivity index (χ1n) is 7.42. The molecule has 2 rings (SSSR count). The van der Waals surface area contributed by atoms with Crippen molar-refractivity contribution in [1.82, 2.24) is 0 Å². The van der Waals surface area contributed by atoms with E-state index in [2.05, 4.69) is 0 Å². The van der Waals surface area contributed by atoms with Crippen LogP contribution in [0.2, 0.25) is 0 Å². The van der Waals surface area contributed by atoms with Crippen LogP contribution in [0.1, 0.15) is 17.9 Å². The van der Waals surface area contributed by atoms with E-state index in [1.807, 2.05) is 0 Å². The molecule has 5 N–H and O–H groups in total. The van der Waals surface area contributed by atoms with Gasteiger partial charge in [0.2, 0.25) is 0 Å². The highest BCUT2D eigenvalue weighted by atomic mass is 16.6. The van der Waals surface area contributed by atoms with Crippen LogP contribution < -0.4 is 4.74 Å². The molecule has 0 amide bonds. The van der Waals surface area contributed by atoms with Gasteiger partial charge in [-0.1, -0.05) is 24.3 Å². The van der Waals surface area contributed by atoms with Crippen LogP contribution in [0.3, 0.4) is 0 Å². The van der Waals surface area contributed by atoms with Gasteiger partial charge in [-0.05, 0) is 18.1 Å². The molecule has 0 saturated carbocycles. The van der Waals surface area contributed by atoms with Crippen molar-refractivity contribution < 1.29 is 30.3 Å². The zero-order valence-electron chi connectivity index (χ0n) is 12.7. The van der Waals surface area contributed by atoms with E-state index in [0.717, 1.165) is 0 Å². The Hall–Kier alpha value is -1.86. The highest BCUT2D eigenvalue weighted by Gasteiger charge is 2.32. The number of ether oxygens (including phenoxy) is 1. The van der Waals surface area contributed by atoms with E-state index >= 15 is 0 Å². The molecule has 1 aliphatic carbocycles. The molecule has 1 aromatic rings. The van der Waals surface area contributed by atoms with E-state index in [1.54, 1.807) is 30.3 Å². The second-order valence-electron chi connectivity index (χ2n) is 5.44. The molecule has 6 heteroatoms. The fourth-order valence-electron chi connectivity index (χ4n) is 3.00. The minimum absolute atomic E-state index is 0.00236. The van der Waals surface area contributed by atoms with Gasteiger partial charge in [-0.2, -0.15) is 0 Å². The van der Waals surface area contributed by atoms with Gasteiger partial charge in [0.15, 0.2) is 6.79 Å². The summed E-state index contributed by atoms with van der Waals surface area (Å²) in [6.07, 6.45) is 1.95. The molecular formula is C17H22O6. The van der Waals surface area contributed by atoms with Gasteiger partial charge in [-0.15, -0.1) is 0 Å². The Balaban J connectivity index is 2.42. The third-order valence-electron chi connectivity index (χ3n) is 4.14. The van der Waals surface area contributed by atoms with Crippen molar-refractivity contribution in [3.8, 4) is 5.75 Å². The number of hydrogen-bond donors (Lipinski definition) is 5. The Morgan fingerprint density at radius 3 is 2.43 bits per heavy atom. The molecule has 0 aliphatic heterocycles. The first-order chi connectivity index (χ1) is 11.2. The van der Waals surface area contributed by atoms with Crippen LogP contribution in [0.25, 0.3) is 0 Å². The number of benzene rings is 1. The van der Waals surface area contributed by atoms with Crippen LogP contribution in [0, 0.1) is 5.92 Å². The highest BCUT2D eigenvalue weighted by Crippen LogP contribution is 2.41. The summed E-state index contributed by atoms with van der Waals surface area (Å²) in [7, 11) is 0. The van der Waals surface area contributed by atoms with Gasteiger partial charge in [0, 0.05) is 23.0 Å². The van der Waals surface area contributed by atoms with E-state index in [0.29, 0.717) is 28.9 Å². The largest absolute Gasteiger partial charge is 0.512 e. The lowest BCUT2D eigenvalue weighted by Gasteiger charge is -2.31. The fourth-order valence-corrected chi connectivity index (χ4v) is 3.00. The lowest BCUT2D eigenvalue weighted by atomic mass is 9.77. The first kappa shape index (κ1) is 17.5. The number of allylic oxidation sites excluding steroid dienone is 1. The summed E-state index contributed by atoms with van der Waals surface area (Å²) in [4.78, 5) is 0. The Labute approximate surface area is 134 Å². The zero-order valence-corrected chi connectivity index (χ0v) is 12.7. The van der Waals surface area contributed by atoms with E-state index in [-0.39, 0.29) is 25.6 Å². The number of hydrogen-bond acceptors (Lipinski definition) is 6. The van der Waals surface area contributed by atoms with Gasteiger partial charge in [-0.3, -0.25) is 0 Å². The fraction of sp³-hybridized carbons (Fsp3) is 0.412. The summed E-state index contributed by atoms with van der Waals surface area (Å²) in [5.74, 6) is -0.553. The second kappa shape index (κ2) is 8.12. The third kappa shape index (κ3) is 3.73. The summed E-state index contributed by atoms with van der Waals surface area (Å²) in [6, 6.07) is 6.96. The molecule has 0 bridgehead atoms. The van der Waals surface area contributed by atoms with E-state index < -0.39 is 18.6 Å². The van der Waals surface area contributed by atoms with Crippen molar-refractivity contribution in [2.45, 2.75) is 12.3 Å². The van der Waals surface area contributed by atoms with Gasteiger partial charge < -0.3 is 30.3 Å². The SMILES string of the molecule is OCOc1ccccc1C(CO)C1CC(CO)=CC(CO)=C1O. The van der Waals surface area contributed by atoms with Crippen LogP contribution >= 0.6 is 0 Å². The lowest BCUT2D eigenvalue weighted by Crippen LogP contribution is -2.25. The topological polar surface area (TPSA) is 110 Å². The lowest BCUT2D eigenvalue weighted by molar-refractivity contribution is 0.0954. The van der Waals surface area contributed by atoms with Crippen molar-refractivity contribution in [2.75, 3.05) is 26.6 Å². The first-order valence-corrected chi connectivity index (χ1v) is 7.42. The van der Waals surface area contributed by atoms with E-state index in [4.69, 9.17) is 9.84 Å². The van der Waals surface area contributed by atoms with Gasteiger partial charge >= 0.3 is 0 Å². The minimum Gasteiger partial charge on any atom is -0.512 e. The highest BCUT2D eigenvalue weighted by molar-refractivity contribution is 5.41. The van der Waals surface area contributed by atoms with Crippen molar-refractivity contribution in [3.05, 3.63) is 52.8 Å². The van der Waals surface area contributed by atoms with E-state index in [9.17, 15) is 20.4 Å². The summed E-state index contributed by atoms with van der Waals surface area (Å²) in [5.41, 5.74) is 1.66. The van der Waals surface area contributed by atoms with Gasteiger partial charge in [0.25, 0.3) is 0 Å². The Kier molecular flexibility index (Phi) is 6.18. The van der Waals surface area contributed by atoms with Crippen molar-refractivity contribution >= 4 is 0 Å². The molecule has 0 saturated heterocycles. The Morgan fingerprint density at radius 2 is 1.83 bits per heavy atom. The third-order valence-corrected chi connectivity index (χ3v) is 4.14. The van der Waals surface area contributed by atoms with Crippen LogP contribution in [0.5, 0.6) is 5.75 Å². The van der Waals surface area contributed by atoms with Crippen molar-refractivity contribution in [1.29, 1.82) is 0 Å². The molecule has 1 aliphatic rings. The molecule has 0 heterocycles. The molecule has 2 atom stereocenters. The standard InChI is InChI=1S/C17H22O6/c18-7-11-5-12(8-19)17(22)14(6-11)15(9-20)13-3-1-2-4-16(13)23-10-21/h1-5,14-15,18-22H,6-10H2. The summed E-state index contributed by atoms with van der Waals surface area (Å²) in [6.45, 7) is -1.28. The predicted molar refractivity (Wildman–Crippen MR) is 84.0 cm³/mol. The van der Waals surface area contributed by atoms with Crippen LogP contribution in [-0.4, -0.2) is 52.1 Å². The van der Waals surface area contributed by atoms with Crippen molar-refractivity contribution in [2.24, 2.45) is 5.92 Å². The second-order valence-corrected chi connectivity index (χ2v) is 5.44. The average Bonchev–Trinajstić information content (AvgIpc) is 2.58. The van der Waals surface area contributed by atoms with Crippen LogP contribution in [0.15, 0.2) is 47.2 Å².